The lowest BCUT2D eigenvalue weighted by molar-refractivity contribution is -0.149. The zero-order valence-corrected chi connectivity index (χ0v) is 17.2. The summed E-state index contributed by atoms with van der Waals surface area (Å²) in [6.07, 6.45) is 0.668. The molecule has 1 heterocycles. The maximum Gasteiger partial charge on any atom is 0.326 e. The smallest absolute Gasteiger partial charge is 0.326 e. The van der Waals surface area contributed by atoms with Crippen LogP contribution in [0.3, 0.4) is 0 Å². The second-order valence-electron chi connectivity index (χ2n) is 7.74. The van der Waals surface area contributed by atoms with Gasteiger partial charge in [0.2, 0.25) is 23.6 Å². The summed E-state index contributed by atoms with van der Waals surface area (Å²) >= 11 is 0. The molecule has 1 aliphatic heterocycles. The number of rotatable bonds is 11. The van der Waals surface area contributed by atoms with Gasteiger partial charge in [-0.1, -0.05) is 13.8 Å². The van der Waals surface area contributed by atoms with Gasteiger partial charge in [-0.3, -0.25) is 19.2 Å². The molecular weight excluding hydrogens is 398 g/mol. The van der Waals surface area contributed by atoms with E-state index in [1.807, 2.05) is 13.8 Å². The molecule has 1 rings (SSSR count). The van der Waals surface area contributed by atoms with Crippen LogP contribution in [0.15, 0.2) is 0 Å². The zero-order chi connectivity index (χ0) is 23.0. The highest BCUT2D eigenvalue weighted by Gasteiger charge is 2.38. The molecule has 1 saturated heterocycles. The van der Waals surface area contributed by atoms with E-state index in [1.54, 1.807) is 0 Å². The molecule has 0 aromatic heterocycles. The van der Waals surface area contributed by atoms with Gasteiger partial charge in [0.05, 0.1) is 19.1 Å². The maximum atomic E-state index is 12.9. The molecule has 0 saturated carbocycles. The number of nitrogens with zero attached hydrogens (tertiary/aromatic N) is 1. The summed E-state index contributed by atoms with van der Waals surface area (Å²) in [5, 5.41) is 23.5. The number of amides is 4. The zero-order valence-electron chi connectivity index (χ0n) is 17.2. The van der Waals surface area contributed by atoms with Gasteiger partial charge in [0, 0.05) is 6.54 Å². The minimum absolute atomic E-state index is 0.00344. The van der Waals surface area contributed by atoms with Crippen LogP contribution in [0.25, 0.3) is 0 Å². The van der Waals surface area contributed by atoms with Gasteiger partial charge in [0.25, 0.3) is 0 Å². The van der Waals surface area contributed by atoms with Crippen LogP contribution in [-0.2, 0) is 24.0 Å². The Labute approximate surface area is 174 Å². The molecule has 30 heavy (non-hydrogen) atoms. The van der Waals surface area contributed by atoms with Crippen LogP contribution in [0.2, 0.25) is 0 Å². The number of hydrogen-bond donors (Lipinski definition) is 6. The van der Waals surface area contributed by atoms with Crippen LogP contribution in [-0.4, -0.2) is 82.0 Å². The topological polar surface area (TPSA) is 205 Å². The molecule has 0 aromatic carbocycles. The first kappa shape index (κ1) is 25.3. The van der Waals surface area contributed by atoms with Crippen LogP contribution in [0.5, 0.6) is 0 Å². The molecule has 12 nitrogen and oxygen atoms in total. The SMILES string of the molecule is CC(C)CC(NC(=O)C(CO)NC(=O)C(N)CC(N)=O)C(=O)N1CCCC1C(=O)O. The normalized spacial score (nSPS) is 19.1. The van der Waals surface area contributed by atoms with Crippen LogP contribution in [0.4, 0.5) is 0 Å². The number of carbonyl (C=O) groups is 5. The van der Waals surface area contributed by atoms with Gasteiger partial charge < -0.3 is 37.2 Å². The molecule has 4 atom stereocenters. The number of carboxylic acids is 1. The Morgan fingerprint density at radius 1 is 1.10 bits per heavy atom. The third-order valence-corrected chi connectivity index (χ3v) is 4.72. The van der Waals surface area contributed by atoms with Crippen molar-refractivity contribution in [1.82, 2.24) is 15.5 Å². The highest BCUT2D eigenvalue weighted by molar-refractivity contribution is 5.95. The minimum atomic E-state index is -1.41. The molecule has 0 bridgehead atoms. The van der Waals surface area contributed by atoms with Gasteiger partial charge in [-0.05, 0) is 25.2 Å². The molecule has 1 fully saturated rings. The van der Waals surface area contributed by atoms with Crippen molar-refractivity contribution in [2.24, 2.45) is 17.4 Å². The third-order valence-electron chi connectivity index (χ3n) is 4.72. The fraction of sp³-hybridized carbons (Fsp3) is 0.722. The lowest BCUT2D eigenvalue weighted by Gasteiger charge is -2.29. The average molecular weight is 429 g/mol. The molecule has 0 radical (unpaired) electrons. The number of nitrogens with one attached hydrogen (secondary N) is 2. The lowest BCUT2D eigenvalue weighted by atomic mass is 10.0. The van der Waals surface area contributed by atoms with Crippen LogP contribution in [0, 0.1) is 5.92 Å². The van der Waals surface area contributed by atoms with Crippen LogP contribution in [0.1, 0.15) is 39.5 Å². The van der Waals surface area contributed by atoms with Crippen molar-refractivity contribution in [3.8, 4) is 0 Å². The number of carboxylic acid groups (broad SMARTS) is 1. The largest absolute Gasteiger partial charge is 0.480 e. The van der Waals surface area contributed by atoms with E-state index in [9.17, 15) is 34.2 Å². The van der Waals surface area contributed by atoms with Gasteiger partial charge in [-0.2, -0.15) is 0 Å². The lowest BCUT2D eigenvalue weighted by Crippen LogP contribution is -2.58. The van der Waals surface area contributed by atoms with E-state index >= 15 is 0 Å². The van der Waals surface area contributed by atoms with Crippen molar-refractivity contribution in [1.29, 1.82) is 0 Å². The summed E-state index contributed by atoms with van der Waals surface area (Å²) in [4.78, 5) is 61.0. The number of aliphatic carboxylic acids is 1. The average Bonchev–Trinajstić information content (AvgIpc) is 3.13. The molecule has 4 amide bonds. The Kier molecular flexibility index (Phi) is 9.66. The number of hydrogen-bond acceptors (Lipinski definition) is 7. The van der Waals surface area contributed by atoms with E-state index in [4.69, 9.17) is 11.5 Å². The van der Waals surface area contributed by atoms with Gasteiger partial charge in [-0.25, -0.2) is 4.79 Å². The molecule has 170 valence electrons. The van der Waals surface area contributed by atoms with Crippen LogP contribution >= 0.6 is 0 Å². The van der Waals surface area contributed by atoms with E-state index in [-0.39, 0.29) is 18.9 Å². The molecule has 8 N–H and O–H groups in total. The number of nitrogens with two attached hydrogens (primary N) is 2. The predicted octanol–water partition coefficient (Wildman–Crippen LogP) is -2.73. The second kappa shape index (κ2) is 11.5. The van der Waals surface area contributed by atoms with E-state index in [1.165, 1.54) is 4.90 Å². The molecule has 12 heteroatoms. The first-order valence-electron chi connectivity index (χ1n) is 9.76. The standard InChI is InChI=1S/C18H31N5O7/c1-9(2)6-11(17(28)23-5-3-4-13(23)18(29)30)21-16(27)12(8-24)22-15(26)10(19)7-14(20)25/h9-13,24H,3-8,19H2,1-2H3,(H2,20,25)(H,21,27)(H,22,26)(H,29,30). The second-order valence-corrected chi connectivity index (χ2v) is 7.74. The fourth-order valence-corrected chi connectivity index (χ4v) is 3.23. The fourth-order valence-electron chi connectivity index (χ4n) is 3.23. The summed E-state index contributed by atoms with van der Waals surface area (Å²) in [5.74, 6) is -4.14. The summed E-state index contributed by atoms with van der Waals surface area (Å²) < 4.78 is 0. The highest BCUT2D eigenvalue weighted by atomic mass is 16.4. The van der Waals surface area contributed by atoms with Crippen molar-refractivity contribution in [2.45, 2.75) is 63.7 Å². The van der Waals surface area contributed by atoms with Crippen molar-refractivity contribution >= 4 is 29.6 Å². The van der Waals surface area contributed by atoms with Crippen molar-refractivity contribution in [3.05, 3.63) is 0 Å². The van der Waals surface area contributed by atoms with Gasteiger partial charge >= 0.3 is 5.97 Å². The summed E-state index contributed by atoms with van der Waals surface area (Å²) in [6.45, 7) is 3.16. The monoisotopic (exact) mass is 429 g/mol. The van der Waals surface area contributed by atoms with Crippen molar-refractivity contribution < 1.29 is 34.2 Å². The summed E-state index contributed by atoms with van der Waals surface area (Å²) in [6, 6.07) is -4.68. The van der Waals surface area contributed by atoms with E-state index < -0.39 is 66.8 Å². The van der Waals surface area contributed by atoms with Crippen molar-refractivity contribution in [2.75, 3.05) is 13.2 Å². The molecular formula is C18H31N5O7. The van der Waals surface area contributed by atoms with E-state index in [0.717, 1.165) is 0 Å². The molecule has 1 aliphatic rings. The number of aliphatic hydroxyl groups excluding tert-OH is 1. The van der Waals surface area contributed by atoms with E-state index in [2.05, 4.69) is 10.6 Å². The predicted molar refractivity (Wildman–Crippen MR) is 105 cm³/mol. The number of aliphatic hydroxyl groups is 1. The Morgan fingerprint density at radius 3 is 2.20 bits per heavy atom. The molecule has 0 aliphatic carbocycles. The number of carbonyl (C=O) groups excluding carboxylic acids is 4. The number of primary amides is 1. The molecule has 0 spiro atoms. The first-order chi connectivity index (χ1) is 14.0. The summed E-state index contributed by atoms with van der Waals surface area (Å²) in [5.41, 5.74) is 10.5. The van der Waals surface area contributed by atoms with Gasteiger partial charge in [-0.15, -0.1) is 0 Å². The maximum absolute atomic E-state index is 12.9. The number of likely N-dealkylation sites (tertiary alicyclic amines) is 1. The Morgan fingerprint density at radius 2 is 1.70 bits per heavy atom. The Bertz CT molecular complexity index is 669. The minimum Gasteiger partial charge on any atom is -0.480 e. The Hall–Kier alpha value is -2.73. The summed E-state index contributed by atoms with van der Waals surface area (Å²) in [7, 11) is 0. The first-order valence-corrected chi connectivity index (χ1v) is 9.76. The van der Waals surface area contributed by atoms with Crippen molar-refractivity contribution in [3.63, 3.8) is 0 Å². The van der Waals surface area contributed by atoms with Gasteiger partial charge in [0.15, 0.2) is 0 Å². The van der Waals surface area contributed by atoms with Crippen LogP contribution < -0.4 is 22.1 Å². The Balaban J connectivity index is 2.88. The van der Waals surface area contributed by atoms with Gasteiger partial charge in [0.1, 0.15) is 18.1 Å². The highest BCUT2D eigenvalue weighted by Crippen LogP contribution is 2.20. The molecule has 0 aromatic rings. The van der Waals surface area contributed by atoms with E-state index in [0.29, 0.717) is 12.8 Å². The third kappa shape index (κ3) is 7.26. The quantitative estimate of drug-likeness (QED) is 0.203. The molecule has 4 unspecified atom stereocenters.